The first-order valence-electron chi connectivity index (χ1n) is 15.3. The van der Waals surface area contributed by atoms with Gasteiger partial charge in [-0.1, -0.05) is 53.6 Å². The summed E-state index contributed by atoms with van der Waals surface area (Å²) in [4.78, 5) is 57.3. The molecule has 9 nitrogen and oxygen atoms in total. The number of amides is 4. The predicted octanol–water partition coefficient (Wildman–Crippen LogP) is 5.35. The molecule has 3 fully saturated rings. The van der Waals surface area contributed by atoms with Crippen LogP contribution in [0, 0.1) is 35.4 Å². The standard InChI is InChI=1S/C36H31ClFN3O6/c1-40-32(43)25-14-13-24-26(31(25)34(40)45)18-28-33(44)41(39-23-11-9-22(38)10-12-23)35(46)36(28,20-5-7-21(37)8-6-20)27(24)15-3-19-4-16-29(42)30(17-19)47-2/h3-13,15-17,25-28,31,39,42H,14,18H2,1-2H3. The van der Waals surface area contributed by atoms with Crippen molar-refractivity contribution in [3.63, 3.8) is 0 Å². The number of rotatable bonds is 6. The van der Waals surface area contributed by atoms with Gasteiger partial charge in [0, 0.05) is 18.0 Å². The fourth-order valence-corrected chi connectivity index (χ4v) is 8.19. The van der Waals surface area contributed by atoms with E-state index < -0.39 is 52.6 Å². The molecule has 47 heavy (non-hydrogen) atoms. The third-order valence-corrected chi connectivity index (χ3v) is 10.5. The smallest absolute Gasteiger partial charge is 0.260 e. The van der Waals surface area contributed by atoms with Crippen molar-refractivity contribution in [3.8, 4) is 11.5 Å². The first kappa shape index (κ1) is 30.7. The van der Waals surface area contributed by atoms with Crippen LogP contribution in [0.5, 0.6) is 11.5 Å². The second-order valence-electron chi connectivity index (χ2n) is 12.4. The summed E-state index contributed by atoms with van der Waals surface area (Å²) >= 11 is 6.30. The van der Waals surface area contributed by atoms with Crippen molar-refractivity contribution in [1.82, 2.24) is 9.91 Å². The van der Waals surface area contributed by atoms with Crippen molar-refractivity contribution < 1.29 is 33.4 Å². The lowest BCUT2D eigenvalue weighted by Crippen LogP contribution is -2.54. The number of benzene rings is 3. The summed E-state index contributed by atoms with van der Waals surface area (Å²) in [7, 11) is 2.93. The molecule has 240 valence electrons. The Morgan fingerprint density at radius 3 is 2.40 bits per heavy atom. The number of hydrogen-bond donors (Lipinski definition) is 2. The quantitative estimate of drug-likeness (QED) is 0.272. The second-order valence-corrected chi connectivity index (χ2v) is 12.9. The number of imide groups is 2. The summed E-state index contributed by atoms with van der Waals surface area (Å²) in [5.74, 6) is -5.13. The summed E-state index contributed by atoms with van der Waals surface area (Å²) in [5, 5.41) is 11.6. The van der Waals surface area contributed by atoms with Crippen molar-refractivity contribution in [1.29, 1.82) is 0 Å². The summed E-state index contributed by atoms with van der Waals surface area (Å²) in [6, 6.07) is 17.0. The van der Waals surface area contributed by atoms with Crippen molar-refractivity contribution in [2.45, 2.75) is 18.3 Å². The molecule has 2 aliphatic heterocycles. The molecule has 6 unspecified atom stereocenters. The Labute approximate surface area is 275 Å². The number of hydrogen-bond acceptors (Lipinski definition) is 7. The van der Waals surface area contributed by atoms with E-state index in [0.717, 1.165) is 10.6 Å². The maximum absolute atomic E-state index is 15.0. The number of allylic oxidation sites excluding steroid dienone is 3. The van der Waals surface area contributed by atoms with Crippen LogP contribution in [0.15, 0.2) is 84.5 Å². The number of methoxy groups -OCH3 is 1. The van der Waals surface area contributed by atoms with E-state index in [-0.39, 0.29) is 29.7 Å². The molecule has 4 amide bonds. The fraction of sp³-hybridized carbons (Fsp3) is 0.278. The highest BCUT2D eigenvalue weighted by Gasteiger charge is 2.69. The Hall–Kier alpha value is -4.96. The van der Waals surface area contributed by atoms with Crippen LogP contribution in [0.1, 0.15) is 24.0 Å². The van der Waals surface area contributed by atoms with E-state index in [1.807, 2.05) is 12.2 Å². The van der Waals surface area contributed by atoms with E-state index in [2.05, 4.69) is 5.43 Å². The Kier molecular flexibility index (Phi) is 7.43. The Balaban J connectivity index is 1.43. The monoisotopic (exact) mass is 655 g/mol. The number of anilines is 1. The highest BCUT2D eigenvalue weighted by Crippen LogP contribution is 2.61. The van der Waals surface area contributed by atoms with Gasteiger partial charge < -0.3 is 9.84 Å². The molecule has 0 aromatic heterocycles. The van der Waals surface area contributed by atoms with Crippen LogP contribution in [-0.2, 0) is 24.6 Å². The lowest BCUT2D eigenvalue weighted by atomic mass is 9.50. The number of carbonyl (C=O) groups is 4. The summed E-state index contributed by atoms with van der Waals surface area (Å²) < 4.78 is 19.0. The number of hydrazine groups is 1. The van der Waals surface area contributed by atoms with Gasteiger partial charge in [0.25, 0.3) is 11.8 Å². The van der Waals surface area contributed by atoms with Gasteiger partial charge in [0.1, 0.15) is 5.82 Å². The number of fused-ring (bicyclic) bond motifs is 4. The van der Waals surface area contributed by atoms with E-state index in [4.69, 9.17) is 16.3 Å². The number of aromatic hydroxyl groups is 1. The molecule has 0 radical (unpaired) electrons. The van der Waals surface area contributed by atoms with Crippen molar-refractivity contribution >= 4 is 47.0 Å². The SMILES string of the molecule is COc1cc(C=CC2C3=CCC4C(=O)N(C)C(=O)C4C3CC3C(=O)N(Nc4ccc(F)cc4)C(=O)C23c2ccc(Cl)cc2)ccc1O. The maximum atomic E-state index is 15.0. The molecule has 1 saturated carbocycles. The number of nitrogens with zero attached hydrogens (tertiary/aromatic N) is 2. The average molecular weight is 656 g/mol. The minimum Gasteiger partial charge on any atom is -0.504 e. The highest BCUT2D eigenvalue weighted by molar-refractivity contribution is 6.30. The number of ether oxygens (including phenoxy) is 1. The molecular formula is C36H31ClFN3O6. The molecule has 4 aliphatic rings. The van der Waals surface area contributed by atoms with Crippen LogP contribution in [-0.4, -0.2) is 52.8 Å². The molecule has 6 atom stereocenters. The lowest BCUT2D eigenvalue weighted by Gasteiger charge is -2.49. The van der Waals surface area contributed by atoms with E-state index in [1.54, 1.807) is 42.5 Å². The van der Waals surface area contributed by atoms with Gasteiger partial charge in [-0.2, -0.15) is 5.01 Å². The van der Waals surface area contributed by atoms with E-state index in [1.165, 1.54) is 49.4 Å². The number of carbonyl (C=O) groups excluding carboxylic acids is 4. The number of phenols is 1. The largest absolute Gasteiger partial charge is 0.504 e. The van der Waals surface area contributed by atoms with E-state index >= 15 is 0 Å². The molecule has 3 aromatic rings. The van der Waals surface area contributed by atoms with Gasteiger partial charge in [-0.05, 0) is 78.4 Å². The first-order valence-corrected chi connectivity index (χ1v) is 15.7. The van der Waals surface area contributed by atoms with Crippen LogP contribution < -0.4 is 10.2 Å². The second kappa shape index (κ2) is 11.4. The van der Waals surface area contributed by atoms with Crippen LogP contribution >= 0.6 is 11.6 Å². The van der Waals surface area contributed by atoms with Gasteiger partial charge >= 0.3 is 0 Å². The van der Waals surface area contributed by atoms with Crippen LogP contribution in [0.2, 0.25) is 5.02 Å². The molecule has 7 rings (SSSR count). The normalized spacial score (nSPS) is 28.3. The molecule has 0 spiro atoms. The molecular weight excluding hydrogens is 625 g/mol. The number of likely N-dealkylation sites (tertiary alicyclic amines) is 1. The zero-order valence-corrected chi connectivity index (χ0v) is 26.3. The zero-order chi connectivity index (χ0) is 33.2. The Bertz CT molecular complexity index is 1880. The van der Waals surface area contributed by atoms with E-state index in [9.17, 15) is 28.7 Å². The van der Waals surface area contributed by atoms with E-state index in [0.29, 0.717) is 28.3 Å². The minimum atomic E-state index is -1.46. The zero-order valence-electron chi connectivity index (χ0n) is 25.5. The summed E-state index contributed by atoms with van der Waals surface area (Å²) in [6.45, 7) is 0. The third-order valence-electron chi connectivity index (χ3n) is 10.2. The third kappa shape index (κ3) is 4.65. The highest BCUT2D eigenvalue weighted by atomic mass is 35.5. The molecule has 0 bridgehead atoms. The number of phenolic OH excluding ortho intramolecular Hbond substituents is 1. The van der Waals surface area contributed by atoms with Gasteiger partial charge in [-0.15, -0.1) is 0 Å². The molecule has 2 heterocycles. The van der Waals surface area contributed by atoms with Gasteiger partial charge in [-0.3, -0.25) is 29.5 Å². The molecule has 2 N–H and O–H groups in total. The minimum absolute atomic E-state index is 0.0336. The van der Waals surface area contributed by atoms with Gasteiger partial charge in [0.15, 0.2) is 11.5 Å². The van der Waals surface area contributed by atoms with Crippen molar-refractivity contribution in [2.24, 2.45) is 29.6 Å². The predicted molar refractivity (Wildman–Crippen MR) is 171 cm³/mol. The number of halogens is 2. The first-order chi connectivity index (χ1) is 22.6. The Morgan fingerprint density at radius 2 is 1.70 bits per heavy atom. The molecule has 11 heteroatoms. The topological polar surface area (TPSA) is 116 Å². The Morgan fingerprint density at radius 1 is 0.979 bits per heavy atom. The summed E-state index contributed by atoms with van der Waals surface area (Å²) in [5.41, 5.74) is 3.85. The van der Waals surface area contributed by atoms with Gasteiger partial charge in [0.2, 0.25) is 11.8 Å². The van der Waals surface area contributed by atoms with Gasteiger partial charge in [0.05, 0.1) is 36.0 Å². The summed E-state index contributed by atoms with van der Waals surface area (Å²) in [6.07, 6.45) is 6.11. The molecule has 2 aliphatic carbocycles. The average Bonchev–Trinajstić information content (AvgIpc) is 3.42. The van der Waals surface area contributed by atoms with Crippen LogP contribution in [0.3, 0.4) is 0 Å². The van der Waals surface area contributed by atoms with Crippen molar-refractivity contribution in [2.75, 3.05) is 19.6 Å². The van der Waals surface area contributed by atoms with Crippen LogP contribution in [0.25, 0.3) is 6.08 Å². The maximum Gasteiger partial charge on any atom is 0.260 e. The van der Waals surface area contributed by atoms with Crippen molar-refractivity contribution in [3.05, 3.63) is 106 Å². The van der Waals surface area contributed by atoms with Gasteiger partial charge in [-0.25, -0.2) is 4.39 Å². The lowest BCUT2D eigenvalue weighted by molar-refractivity contribution is -0.140. The van der Waals surface area contributed by atoms with Crippen LogP contribution in [0.4, 0.5) is 10.1 Å². The molecule has 3 aromatic carbocycles. The fourth-order valence-electron chi connectivity index (χ4n) is 8.06. The number of nitrogens with one attached hydrogen (secondary N) is 1. The molecule has 2 saturated heterocycles.